The molecule has 1 aliphatic carbocycles. The maximum atomic E-state index is 12.0. The van der Waals surface area contributed by atoms with Crippen LogP contribution in [0.5, 0.6) is 0 Å². The third-order valence-corrected chi connectivity index (χ3v) is 5.10. The highest BCUT2D eigenvalue weighted by Gasteiger charge is 2.55. The minimum atomic E-state index is 0.322. The number of hydrogen-bond donors (Lipinski definition) is 0. The zero-order valence-corrected chi connectivity index (χ0v) is 10.4. The summed E-state index contributed by atoms with van der Waals surface area (Å²) < 4.78 is 1.18. The summed E-state index contributed by atoms with van der Waals surface area (Å²) in [6.07, 6.45) is 3.10. The van der Waals surface area contributed by atoms with Crippen molar-refractivity contribution in [2.24, 2.45) is 5.92 Å². The van der Waals surface area contributed by atoms with Crippen molar-refractivity contribution in [1.29, 1.82) is 0 Å². The smallest absolute Gasteiger partial charge is 0.227 e. The number of benzene rings is 1. The molecule has 1 saturated heterocycles. The molecule has 82 valence electrons. The lowest BCUT2D eigenvalue weighted by atomic mass is 9.65. The van der Waals surface area contributed by atoms with Crippen LogP contribution in [0, 0.1) is 5.92 Å². The molecule has 16 heavy (non-hydrogen) atoms. The molecule has 2 nitrogen and oxygen atoms in total. The molecule has 2 heterocycles. The maximum absolute atomic E-state index is 12.0. The van der Waals surface area contributed by atoms with E-state index in [1.54, 1.807) is 0 Å². The van der Waals surface area contributed by atoms with Gasteiger partial charge in [-0.1, -0.05) is 22.0 Å². The Morgan fingerprint density at radius 1 is 1.38 bits per heavy atom. The Hall–Kier alpha value is -0.830. The van der Waals surface area contributed by atoms with Crippen molar-refractivity contribution in [2.75, 3.05) is 4.90 Å². The zero-order chi connectivity index (χ0) is 10.9. The molecule has 0 unspecified atom stereocenters. The quantitative estimate of drug-likeness (QED) is 0.714. The predicted molar refractivity (Wildman–Crippen MR) is 65.5 cm³/mol. The Labute approximate surface area is 103 Å². The summed E-state index contributed by atoms with van der Waals surface area (Å²) in [5.74, 6) is 1.67. The minimum absolute atomic E-state index is 0.322. The molecular formula is C13H12BrNO. The van der Waals surface area contributed by atoms with Crippen molar-refractivity contribution in [2.45, 2.75) is 31.2 Å². The number of anilines is 1. The summed E-state index contributed by atoms with van der Waals surface area (Å²) >= 11 is 3.63. The summed E-state index contributed by atoms with van der Waals surface area (Å²) in [5.41, 5.74) is 2.54. The molecule has 3 atom stereocenters. The molecule has 3 aliphatic rings. The molecule has 3 heteroatoms. The van der Waals surface area contributed by atoms with Crippen LogP contribution < -0.4 is 4.90 Å². The lowest BCUT2D eigenvalue weighted by Crippen LogP contribution is -2.54. The topological polar surface area (TPSA) is 20.3 Å². The standard InChI is InChI=1S/C13H12BrNO/c14-9-2-1-3-10-12(9)8-6-7-4-5-11(16)15(10)13(7)8/h1-3,7-8,13H,4-6H2/t7-,8-,13-/m0/s1. The first-order valence-corrected chi connectivity index (χ1v) is 6.67. The molecular weight excluding hydrogens is 266 g/mol. The molecule has 2 aliphatic heterocycles. The Morgan fingerprint density at radius 2 is 2.25 bits per heavy atom. The number of amides is 1. The SMILES string of the molecule is O=C1CC[C@H]2C[C@H]3c4c(Br)cccc4N1[C@@H]23. The number of hydrogen-bond acceptors (Lipinski definition) is 1. The summed E-state index contributed by atoms with van der Waals surface area (Å²) in [4.78, 5) is 14.1. The third-order valence-electron chi connectivity index (χ3n) is 4.41. The van der Waals surface area contributed by atoms with Gasteiger partial charge in [0.15, 0.2) is 0 Å². The van der Waals surface area contributed by atoms with Gasteiger partial charge in [-0.25, -0.2) is 0 Å². The average Bonchev–Trinajstić information content (AvgIpc) is 2.53. The first-order valence-electron chi connectivity index (χ1n) is 5.88. The molecule has 2 fully saturated rings. The monoisotopic (exact) mass is 277 g/mol. The Kier molecular flexibility index (Phi) is 1.67. The van der Waals surface area contributed by atoms with Crippen molar-refractivity contribution >= 4 is 27.5 Å². The van der Waals surface area contributed by atoms with Crippen molar-refractivity contribution < 1.29 is 4.79 Å². The van der Waals surface area contributed by atoms with Crippen molar-refractivity contribution in [1.82, 2.24) is 0 Å². The van der Waals surface area contributed by atoms with Crippen molar-refractivity contribution in [3.8, 4) is 0 Å². The second-order valence-corrected chi connectivity index (χ2v) is 5.92. The molecule has 1 aromatic rings. The Balaban J connectivity index is 1.93. The number of nitrogens with zero attached hydrogens (tertiary/aromatic N) is 1. The summed E-state index contributed by atoms with van der Waals surface area (Å²) in [6, 6.07) is 6.70. The van der Waals surface area contributed by atoms with Gasteiger partial charge in [-0.15, -0.1) is 0 Å². The van der Waals surface area contributed by atoms with E-state index in [0.29, 0.717) is 17.9 Å². The molecule has 0 spiro atoms. The van der Waals surface area contributed by atoms with E-state index in [1.807, 2.05) is 6.07 Å². The summed E-state index contributed by atoms with van der Waals surface area (Å²) in [5, 5.41) is 0. The fourth-order valence-electron chi connectivity index (χ4n) is 3.70. The summed E-state index contributed by atoms with van der Waals surface area (Å²) in [6.45, 7) is 0. The summed E-state index contributed by atoms with van der Waals surface area (Å²) in [7, 11) is 0. The van der Waals surface area contributed by atoms with E-state index in [-0.39, 0.29) is 0 Å². The highest BCUT2D eigenvalue weighted by molar-refractivity contribution is 9.10. The highest BCUT2D eigenvalue weighted by atomic mass is 79.9. The van der Waals surface area contributed by atoms with Gasteiger partial charge in [-0.2, -0.15) is 0 Å². The van der Waals surface area contributed by atoms with Gasteiger partial charge in [0.1, 0.15) is 0 Å². The fraction of sp³-hybridized carbons (Fsp3) is 0.462. The second kappa shape index (κ2) is 2.89. The number of carbonyl (C=O) groups excluding carboxylic acids is 1. The van der Waals surface area contributed by atoms with E-state index in [0.717, 1.165) is 24.4 Å². The largest absolute Gasteiger partial charge is 0.308 e. The third kappa shape index (κ3) is 0.915. The second-order valence-electron chi connectivity index (χ2n) is 5.07. The van der Waals surface area contributed by atoms with Crippen LogP contribution >= 0.6 is 15.9 Å². The fourth-order valence-corrected chi connectivity index (χ4v) is 4.35. The van der Waals surface area contributed by atoms with E-state index in [9.17, 15) is 4.79 Å². The van der Waals surface area contributed by atoms with Crippen LogP contribution in [0.2, 0.25) is 0 Å². The molecule has 0 aromatic heterocycles. The predicted octanol–water partition coefficient (Wildman–Crippen LogP) is 3.06. The highest BCUT2D eigenvalue weighted by Crippen LogP contribution is 2.59. The zero-order valence-electron chi connectivity index (χ0n) is 8.82. The Bertz CT molecular complexity index is 499. The van der Waals surface area contributed by atoms with Gasteiger partial charge in [0, 0.05) is 28.5 Å². The molecule has 1 aromatic carbocycles. The molecule has 1 saturated carbocycles. The number of carbonyl (C=O) groups is 1. The van der Waals surface area contributed by atoms with Crippen LogP contribution in [0.15, 0.2) is 22.7 Å². The molecule has 1 amide bonds. The van der Waals surface area contributed by atoms with E-state index in [2.05, 4.69) is 33.0 Å². The van der Waals surface area contributed by atoms with Crippen LogP contribution in [0.25, 0.3) is 0 Å². The Morgan fingerprint density at radius 3 is 3.12 bits per heavy atom. The van der Waals surface area contributed by atoms with Crippen LogP contribution in [-0.2, 0) is 4.79 Å². The maximum Gasteiger partial charge on any atom is 0.227 e. The molecule has 4 rings (SSSR count). The van der Waals surface area contributed by atoms with Crippen molar-refractivity contribution in [3.05, 3.63) is 28.2 Å². The van der Waals surface area contributed by atoms with E-state index >= 15 is 0 Å². The number of piperidine rings is 1. The average molecular weight is 278 g/mol. The molecule has 0 bridgehead atoms. The van der Waals surface area contributed by atoms with Crippen LogP contribution in [-0.4, -0.2) is 11.9 Å². The lowest BCUT2D eigenvalue weighted by molar-refractivity contribution is -0.122. The number of rotatable bonds is 0. The van der Waals surface area contributed by atoms with Gasteiger partial charge in [0.25, 0.3) is 0 Å². The van der Waals surface area contributed by atoms with Gasteiger partial charge in [-0.3, -0.25) is 4.79 Å². The lowest BCUT2D eigenvalue weighted by Gasteiger charge is -2.47. The molecule has 0 N–H and O–H groups in total. The normalized spacial score (nSPS) is 34.4. The van der Waals surface area contributed by atoms with Gasteiger partial charge in [-0.05, 0) is 36.5 Å². The van der Waals surface area contributed by atoms with E-state index in [1.165, 1.54) is 16.5 Å². The number of fused-ring (bicyclic) bond motifs is 3. The first kappa shape index (κ1) is 9.23. The number of halogens is 1. The van der Waals surface area contributed by atoms with Gasteiger partial charge < -0.3 is 4.90 Å². The van der Waals surface area contributed by atoms with Crippen molar-refractivity contribution in [3.63, 3.8) is 0 Å². The van der Waals surface area contributed by atoms with Gasteiger partial charge in [0.2, 0.25) is 5.91 Å². The molecule has 0 radical (unpaired) electrons. The van der Waals surface area contributed by atoms with E-state index in [4.69, 9.17) is 0 Å². The van der Waals surface area contributed by atoms with Crippen LogP contribution in [0.1, 0.15) is 30.7 Å². The van der Waals surface area contributed by atoms with Gasteiger partial charge in [0.05, 0.1) is 0 Å². The van der Waals surface area contributed by atoms with Crippen LogP contribution in [0.4, 0.5) is 5.69 Å². The minimum Gasteiger partial charge on any atom is -0.308 e. The van der Waals surface area contributed by atoms with E-state index < -0.39 is 0 Å². The van der Waals surface area contributed by atoms with Crippen LogP contribution in [0.3, 0.4) is 0 Å². The first-order chi connectivity index (χ1) is 7.77. The van der Waals surface area contributed by atoms with Gasteiger partial charge >= 0.3 is 0 Å².